The number of amides is 1. The van der Waals surface area contributed by atoms with Crippen molar-refractivity contribution >= 4 is 5.91 Å². The molecule has 2 aromatic rings. The van der Waals surface area contributed by atoms with Gasteiger partial charge in [-0.15, -0.1) is 0 Å². The van der Waals surface area contributed by atoms with Crippen molar-refractivity contribution in [2.45, 2.75) is 38.1 Å². The smallest absolute Gasteiger partial charge is 0.222 e. The molecule has 2 aliphatic rings. The Morgan fingerprint density at radius 2 is 2.07 bits per heavy atom. The van der Waals surface area contributed by atoms with E-state index >= 15 is 0 Å². The van der Waals surface area contributed by atoms with E-state index in [1.54, 1.807) is 7.11 Å². The molecule has 2 aliphatic heterocycles. The van der Waals surface area contributed by atoms with Gasteiger partial charge >= 0.3 is 0 Å². The molecule has 0 bridgehead atoms. The summed E-state index contributed by atoms with van der Waals surface area (Å²) in [5.41, 5.74) is 3.59. The van der Waals surface area contributed by atoms with Gasteiger partial charge in [0, 0.05) is 62.4 Å². The molecular weight excluding hydrogens is 352 g/mol. The van der Waals surface area contributed by atoms with E-state index in [4.69, 9.17) is 9.72 Å². The zero-order chi connectivity index (χ0) is 19.5. The lowest BCUT2D eigenvalue weighted by atomic mass is 10.1. The number of rotatable bonds is 5. The van der Waals surface area contributed by atoms with Gasteiger partial charge in [-0.3, -0.25) is 4.79 Å². The van der Waals surface area contributed by atoms with Crippen molar-refractivity contribution in [3.63, 3.8) is 0 Å². The molecule has 6 heteroatoms. The average molecular weight is 380 g/mol. The molecule has 0 radical (unpaired) electrons. The number of nitrogens with zero attached hydrogens (tertiary/aromatic N) is 4. The molecule has 1 atom stereocenters. The van der Waals surface area contributed by atoms with Crippen LogP contribution in [0.3, 0.4) is 0 Å². The highest BCUT2D eigenvalue weighted by Gasteiger charge is 2.29. The van der Waals surface area contributed by atoms with Crippen LogP contribution in [0.2, 0.25) is 0 Å². The van der Waals surface area contributed by atoms with E-state index in [1.807, 2.05) is 35.4 Å². The number of likely N-dealkylation sites (tertiary alicyclic amines) is 1. The summed E-state index contributed by atoms with van der Waals surface area (Å²) >= 11 is 0. The number of likely N-dealkylation sites (N-methyl/N-ethyl adjacent to an activating group) is 1. The van der Waals surface area contributed by atoms with Crippen LogP contribution in [0.15, 0.2) is 30.5 Å². The van der Waals surface area contributed by atoms with Gasteiger partial charge in [0.25, 0.3) is 0 Å². The van der Waals surface area contributed by atoms with E-state index in [9.17, 15) is 4.79 Å². The second kappa shape index (κ2) is 8.27. The van der Waals surface area contributed by atoms with Gasteiger partial charge < -0.3 is 14.5 Å². The Hall–Kier alpha value is -2.47. The van der Waals surface area contributed by atoms with Crippen LogP contribution in [-0.2, 0) is 24.2 Å². The Balaban J connectivity index is 1.32. The molecule has 1 fully saturated rings. The molecule has 4 rings (SSSR count). The topological polar surface area (TPSA) is 58.6 Å². The number of aryl methyl sites for hydroxylation is 1. The van der Waals surface area contributed by atoms with E-state index < -0.39 is 0 Å². The first-order chi connectivity index (χ1) is 13.6. The zero-order valence-corrected chi connectivity index (χ0v) is 16.7. The Bertz CT molecular complexity index is 837. The summed E-state index contributed by atoms with van der Waals surface area (Å²) in [6.45, 7) is 3.51. The monoisotopic (exact) mass is 380 g/mol. The summed E-state index contributed by atoms with van der Waals surface area (Å²) < 4.78 is 5.18. The maximum Gasteiger partial charge on any atom is 0.222 e. The summed E-state index contributed by atoms with van der Waals surface area (Å²) in [5.74, 6) is 2.23. The number of benzene rings is 1. The second-order valence-corrected chi connectivity index (χ2v) is 7.86. The van der Waals surface area contributed by atoms with Gasteiger partial charge in [0.15, 0.2) is 0 Å². The number of aromatic nitrogens is 2. The highest BCUT2D eigenvalue weighted by atomic mass is 16.5. The number of methoxy groups -OCH3 is 1. The Kier molecular flexibility index (Phi) is 5.57. The molecule has 0 spiro atoms. The molecule has 28 heavy (non-hydrogen) atoms. The Labute approximate surface area is 166 Å². The molecule has 148 valence electrons. The fourth-order valence-corrected chi connectivity index (χ4v) is 4.07. The van der Waals surface area contributed by atoms with Gasteiger partial charge in [0.1, 0.15) is 11.6 Å². The van der Waals surface area contributed by atoms with E-state index in [2.05, 4.69) is 16.9 Å². The first kappa shape index (κ1) is 18.9. The minimum atomic E-state index is 0.220. The molecule has 0 aliphatic carbocycles. The van der Waals surface area contributed by atoms with Crippen molar-refractivity contribution in [3.05, 3.63) is 53.1 Å². The van der Waals surface area contributed by atoms with E-state index in [1.165, 1.54) is 11.3 Å². The lowest BCUT2D eigenvalue weighted by Gasteiger charge is -2.24. The number of carbonyl (C=O) groups is 1. The van der Waals surface area contributed by atoms with Crippen molar-refractivity contribution in [2.75, 3.05) is 33.8 Å². The van der Waals surface area contributed by atoms with Gasteiger partial charge in [-0.2, -0.15) is 0 Å². The molecular formula is C22H28N4O2. The number of hydrogen-bond donors (Lipinski definition) is 0. The molecule has 1 unspecified atom stereocenters. The van der Waals surface area contributed by atoms with Gasteiger partial charge in [-0.05, 0) is 37.6 Å². The summed E-state index contributed by atoms with van der Waals surface area (Å²) in [6.07, 6.45) is 5.22. The lowest BCUT2D eigenvalue weighted by Crippen LogP contribution is -2.29. The molecule has 0 saturated carbocycles. The number of ether oxygens (including phenoxy) is 1. The quantitative estimate of drug-likeness (QED) is 0.797. The van der Waals surface area contributed by atoms with Crippen molar-refractivity contribution in [1.82, 2.24) is 19.8 Å². The fourth-order valence-electron chi connectivity index (χ4n) is 4.07. The van der Waals surface area contributed by atoms with Crippen molar-refractivity contribution in [3.8, 4) is 5.75 Å². The van der Waals surface area contributed by atoms with Crippen LogP contribution >= 0.6 is 0 Å². The van der Waals surface area contributed by atoms with Crippen LogP contribution < -0.4 is 4.74 Å². The second-order valence-electron chi connectivity index (χ2n) is 7.86. The molecule has 1 amide bonds. The average Bonchev–Trinajstić information content (AvgIpc) is 3.22. The highest BCUT2D eigenvalue weighted by Crippen LogP contribution is 2.27. The van der Waals surface area contributed by atoms with Crippen molar-refractivity contribution < 1.29 is 9.53 Å². The van der Waals surface area contributed by atoms with Crippen LogP contribution in [0, 0.1) is 0 Å². The largest absolute Gasteiger partial charge is 0.497 e. The normalized spacial score (nSPS) is 19.5. The fraction of sp³-hybridized carbons (Fsp3) is 0.500. The first-order valence-electron chi connectivity index (χ1n) is 10.1. The van der Waals surface area contributed by atoms with Gasteiger partial charge in [-0.25, -0.2) is 9.97 Å². The third-order valence-electron chi connectivity index (χ3n) is 5.84. The van der Waals surface area contributed by atoms with Crippen LogP contribution in [0.5, 0.6) is 5.75 Å². The Morgan fingerprint density at radius 1 is 1.25 bits per heavy atom. The Morgan fingerprint density at radius 3 is 2.86 bits per heavy atom. The van der Waals surface area contributed by atoms with Crippen LogP contribution in [0.4, 0.5) is 0 Å². The van der Waals surface area contributed by atoms with E-state index in [0.29, 0.717) is 6.42 Å². The molecule has 1 aromatic heterocycles. The molecule has 0 N–H and O–H groups in total. The minimum Gasteiger partial charge on any atom is -0.497 e. The predicted molar refractivity (Wildman–Crippen MR) is 107 cm³/mol. The summed E-state index contributed by atoms with van der Waals surface area (Å²) in [6, 6.07) is 7.93. The maximum absolute atomic E-state index is 12.6. The molecule has 6 nitrogen and oxygen atoms in total. The van der Waals surface area contributed by atoms with Crippen molar-refractivity contribution in [2.24, 2.45) is 0 Å². The van der Waals surface area contributed by atoms with E-state index in [-0.39, 0.29) is 11.8 Å². The standard InChI is InChI=1S/C22H28N4O2/c1-25-11-10-20-18(14-25)13-23-22(24-20)17-9-12-26(15-17)21(27)8-5-16-3-6-19(28-2)7-4-16/h3-4,6-7,13,17H,5,8-12,14-15H2,1-2H3. The van der Waals surface area contributed by atoms with E-state index in [0.717, 1.165) is 62.6 Å². The first-order valence-corrected chi connectivity index (χ1v) is 10.1. The zero-order valence-electron chi connectivity index (χ0n) is 16.7. The molecule has 1 saturated heterocycles. The maximum atomic E-state index is 12.6. The lowest BCUT2D eigenvalue weighted by molar-refractivity contribution is -0.130. The number of carbonyl (C=O) groups excluding carboxylic acids is 1. The van der Waals surface area contributed by atoms with Crippen molar-refractivity contribution in [1.29, 1.82) is 0 Å². The third-order valence-corrected chi connectivity index (χ3v) is 5.84. The highest BCUT2D eigenvalue weighted by molar-refractivity contribution is 5.76. The third kappa shape index (κ3) is 4.17. The van der Waals surface area contributed by atoms with Crippen LogP contribution in [0.1, 0.15) is 41.4 Å². The number of hydrogen-bond acceptors (Lipinski definition) is 5. The van der Waals surface area contributed by atoms with Crippen LogP contribution in [0.25, 0.3) is 0 Å². The predicted octanol–water partition coefficient (Wildman–Crippen LogP) is 2.42. The van der Waals surface area contributed by atoms with Gasteiger partial charge in [0.2, 0.25) is 5.91 Å². The number of fused-ring (bicyclic) bond motifs is 1. The van der Waals surface area contributed by atoms with Gasteiger partial charge in [0.05, 0.1) is 7.11 Å². The summed E-state index contributed by atoms with van der Waals surface area (Å²) in [4.78, 5) is 26.4. The minimum absolute atomic E-state index is 0.220. The SMILES string of the molecule is COc1ccc(CCC(=O)N2CCC(c3ncc4c(n3)CCN(C)C4)C2)cc1. The summed E-state index contributed by atoms with van der Waals surface area (Å²) in [7, 11) is 3.79. The molecule has 1 aromatic carbocycles. The molecule has 3 heterocycles. The van der Waals surface area contributed by atoms with Gasteiger partial charge in [-0.1, -0.05) is 12.1 Å². The van der Waals surface area contributed by atoms with Crippen LogP contribution in [-0.4, -0.2) is 59.5 Å². The summed E-state index contributed by atoms with van der Waals surface area (Å²) in [5, 5.41) is 0.